The number of carbonyl (C=O) groups excluding carboxylic acids is 1. The Hall–Kier alpha value is -2.43. The van der Waals surface area contributed by atoms with Gasteiger partial charge < -0.3 is 15.4 Å². The molecule has 0 bridgehead atoms. The molecule has 11 heteroatoms. The zero-order chi connectivity index (χ0) is 18.1. The van der Waals surface area contributed by atoms with Gasteiger partial charge in [0, 0.05) is 0 Å². The summed E-state index contributed by atoms with van der Waals surface area (Å²) < 4.78 is 39.8. The van der Waals surface area contributed by atoms with Crippen molar-refractivity contribution in [3.63, 3.8) is 0 Å². The van der Waals surface area contributed by atoms with E-state index in [9.17, 15) is 28.1 Å². The third-order valence-corrected chi connectivity index (χ3v) is 4.02. The van der Waals surface area contributed by atoms with Crippen LogP contribution in [-0.2, 0) is 17.5 Å². The first-order chi connectivity index (χ1) is 11.1. The molecule has 2 rings (SSSR count). The molecule has 0 aliphatic rings. The summed E-state index contributed by atoms with van der Waals surface area (Å²) in [5.74, 6) is -1.27. The summed E-state index contributed by atoms with van der Waals surface area (Å²) in [5.41, 5.74) is -1.07. The maximum absolute atomic E-state index is 12.9. The largest absolute Gasteiger partial charge is 0.418 e. The monoisotopic (exact) mass is 406 g/mol. The Kier molecular flexibility index (Phi) is 4.92. The number of hydrogen-bond acceptors (Lipinski definition) is 4. The van der Waals surface area contributed by atoms with Crippen LogP contribution in [0, 0.1) is 17.0 Å². The average molecular weight is 407 g/mol. The predicted molar refractivity (Wildman–Crippen MR) is 81.4 cm³/mol. The third kappa shape index (κ3) is 3.72. The molecule has 1 heterocycles. The summed E-state index contributed by atoms with van der Waals surface area (Å²) in [4.78, 5) is 22.0. The molecule has 1 aromatic carbocycles. The minimum absolute atomic E-state index is 0.107. The molecular formula is C13H10BrF3N4O3. The van der Waals surface area contributed by atoms with Gasteiger partial charge in [-0.1, -0.05) is 12.1 Å². The van der Waals surface area contributed by atoms with Gasteiger partial charge in [0.2, 0.25) is 5.91 Å². The highest BCUT2D eigenvalue weighted by molar-refractivity contribution is 9.10. The number of aromatic nitrogens is 2. The van der Waals surface area contributed by atoms with Crippen molar-refractivity contribution in [2.75, 3.05) is 5.32 Å². The molecule has 2 aromatic rings. The van der Waals surface area contributed by atoms with Crippen molar-refractivity contribution in [2.24, 2.45) is 0 Å². The average Bonchev–Trinajstić information content (AvgIpc) is 2.75. The lowest BCUT2D eigenvalue weighted by molar-refractivity contribution is -0.390. The van der Waals surface area contributed by atoms with E-state index in [-0.39, 0.29) is 4.47 Å². The van der Waals surface area contributed by atoms with Gasteiger partial charge in [0.15, 0.2) is 0 Å². The fourth-order valence-electron chi connectivity index (χ4n) is 1.94. The van der Waals surface area contributed by atoms with Crippen LogP contribution in [0.5, 0.6) is 0 Å². The maximum Gasteiger partial charge on any atom is 0.418 e. The minimum atomic E-state index is -4.62. The van der Waals surface area contributed by atoms with Crippen molar-refractivity contribution in [2.45, 2.75) is 19.6 Å². The number of halogens is 4. The van der Waals surface area contributed by atoms with Crippen molar-refractivity contribution in [1.29, 1.82) is 0 Å². The van der Waals surface area contributed by atoms with Crippen molar-refractivity contribution in [1.82, 2.24) is 9.78 Å². The van der Waals surface area contributed by atoms with Gasteiger partial charge >= 0.3 is 12.0 Å². The second kappa shape index (κ2) is 6.59. The van der Waals surface area contributed by atoms with Gasteiger partial charge in [-0.05, 0) is 39.9 Å². The number of anilines is 1. The van der Waals surface area contributed by atoms with E-state index in [1.165, 1.54) is 19.1 Å². The molecule has 0 saturated carbocycles. The Labute approximate surface area is 141 Å². The summed E-state index contributed by atoms with van der Waals surface area (Å²) in [6.07, 6.45) is -4.62. The van der Waals surface area contributed by atoms with Crippen LogP contribution in [-0.4, -0.2) is 20.6 Å². The number of amides is 1. The number of hydrogen-bond donors (Lipinski definition) is 1. The molecule has 128 valence electrons. The Balaban J connectivity index is 2.22. The van der Waals surface area contributed by atoms with Gasteiger partial charge in [-0.25, -0.2) is 0 Å². The molecule has 7 nitrogen and oxygen atoms in total. The highest BCUT2D eigenvalue weighted by Crippen LogP contribution is 2.34. The Morgan fingerprint density at radius 1 is 1.42 bits per heavy atom. The van der Waals surface area contributed by atoms with Crippen LogP contribution in [0.15, 0.2) is 28.7 Å². The van der Waals surface area contributed by atoms with E-state index < -0.39 is 40.6 Å². The Morgan fingerprint density at radius 2 is 2.04 bits per heavy atom. The molecule has 0 radical (unpaired) electrons. The first-order valence-electron chi connectivity index (χ1n) is 6.44. The van der Waals surface area contributed by atoms with Crippen LogP contribution in [0.2, 0.25) is 0 Å². The van der Waals surface area contributed by atoms with E-state index in [1.54, 1.807) is 0 Å². The molecule has 1 aromatic heterocycles. The van der Waals surface area contributed by atoms with Gasteiger partial charge in [0.1, 0.15) is 11.0 Å². The SMILES string of the molecule is Cc1c(Br)c([N+](=O)[O-])nn1CC(=O)Nc1ccccc1C(F)(F)F. The van der Waals surface area contributed by atoms with Crippen LogP contribution in [0.3, 0.4) is 0 Å². The van der Waals surface area contributed by atoms with Gasteiger partial charge in [0.25, 0.3) is 0 Å². The number of nitrogens with zero attached hydrogens (tertiary/aromatic N) is 3. The molecule has 1 amide bonds. The molecule has 24 heavy (non-hydrogen) atoms. The van der Waals surface area contributed by atoms with Crippen molar-refractivity contribution >= 4 is 33.3 Å². The zero-order valence-electron chi connectivity index (χ0n) is 12.1. The van der Waals surface area contributed by atoms with Crippen LogP contribution in [0.4, 0.5) is 24.7 Å². The fourth-order valence-corrected chi connectivity index (χ4v) is 2.37. The van der Waals surface area contributed by atoms with Crippen molar-refractivity contribution < 1.29 is 22.9 Å². The summed E-state index contributed by atoms with van der Waals surface area (Å²) in [5, 5.41) is 16.6. The number of carbonyl (C=O) groups is 1. The number of rotatable bonds is 4. The molecule has 0 aliphatic heterocycles. The number of nitrogens with one attached hydrogen (secondary N) is 1. The van der Waals surface area contributed by atoms with Crippen LogP contribution in [0.25, 0.3) is 0 Å². The summed E-state index contributed by atoms with van der Waals surface area (Å²) in [6.45, 7) is 1.02. The minimum Gasteiger partial charge on any atom is -0.358 e. The normalized spacial score (nSPS) is 11.4. The molecule has 0 unspecified atom stereocenters. The van der Waals surface area contributed by atoms with Gasteiger partial charge in [-0.2, -0.15) is 17.9 Å². The van der Waals surface area contributed by atoms with Gasteiger partial charge in [0.05, 0.1) is 22.0 Å². The molecule has 0 atom stereocenters. The summed E-state index contributed by atoms with van der Waals surface area (Å²) >= 11 is 2.99. The van der Waals surface area contributed by atoms with Crippen LogP contribution in [0.1, 0.15) is 11.3 Å². The van der Waals surface area contributed by atoms with E-state index in [1.807, 2.05) is 0 Å². The number of benzene rings is 1. The van der Waals surface area contributed by atoms with E-state index in [4.69, 9.17) is 0 Å². The lowest BCUT2D eigenvalue weighted by Crippen LogP contribution is -2.22. The van der Waals surface area contributed by atoms with E-state index in [0.717, 1.165) is 16.8 Å². The molecule has 0 spiro atoms. The fraction of sp³-hybridized carbons (Fsp3) is 0.231. The lowest BCUT2D eigenvalue weighted by Gasteiger charge is -2.13. The smallest absolute Gasteiger partial charge is 0.358 e. The Morgan fingerprint density at radius 3 is 2.58 bits per heavy atom. The molecule has 0 saturated heterocycles. The van der Waals surface area contributed by atoms with Crippen molar-refractivity contribution in [3.8, 4) is 0 Å². The quantitative estimate of drug-likeness (QED) is 0.621. The maximum atomic E-state index is 12.9. The third-order valence-electron chi connectivity index (χ3n) is 3.09. The molecule has 1 N–H and O–H groups in total. The number of para-hydroxylation sites is 1. The number of alkyl halides is 3. The van der Waals surface area contributed by atoms with E-state index >= 15 is 0 Å². The second-order valence-electron chi connectivity index (χ2n) is 4.73. The first kappa shape index (κ1) is 17.9. The first-order valence-corrected chi connectivity index (χ1v) is 7.24. The Bertz CT molecular complexity index is 804. The zero-order valence-corrected chi connectivity index (χ0v) is 13.7. The predicted octanol–water partition coefficient (Wildman–Crippen LogP) is 3.52. The topological polar surface area (TPSA) is 90.1 Å². The highest BCUT2D eigenvalue weighted by atomic mass is 79.9. The van der Waals surface area contributed by atoms with E-state index in [0.29, 0.717) is 5.69 Å². The van der Waals surface area contributed by atoms with Gasteiger partial charge in [-0.3, -0.25) is 4.79 Å². The summed E-state index contributed by atoms with van der Waals surface area (Å²) in [7, 11) is 0. The lowest BCUT2D eigenvalue weighted by atomic mass is 10.1. The molecule has 0 fully saturated rings. The molecule has 0 aliphatic carbocycles. The van der Waals surface area contributed by atoms with Crippen LogP contribution < -0.4 is 5.32 Å². The molecular weight excluding hydrogens is 397 g/mol. The van der Waals surface area contributed by atoms with Crippen molar-refractivity contribution in [3.05, 3.63) is 50.1 Å². The summed E-state index contributed by atoms with van der Waals surface area (Å²) in [6, 6.07) is 4.52. The number of nitro groups is 1. The standard InChI is InChI=1S/C13H10BrF3N4O3/c1-7-11(14)12(21(23)24)19-20(7)6-10(22)18-9-5-3-2-4-8(9)13(15,16)17/h2-5H,6H2,1H3,(H,18,22). The second-order valence-corrected chi connectivity index (χ2v) is 5.52. The van der Waals surface area contributed by atoms with E-state index in [2.05, 4.69) is 26.3 Å². The van der Waals surface area contributed by atoms with Gasteiger partial charge in [-0.15, -0.1) is 0 Å². The highest BCUT2D eigenvalue weighted by Gasteiger charge is 2.33. The van der Waals surface area contributed by atoms with Crippen LogP contribution >= 0.6 is 15.9 Å².